The second kappa shape index (κ2) is 6.51. The zero-order chi connectivity index (χ0) is 17.3. The molecule has 0 radical (unpaired) electrons. The first-order valence-electron chi connectivity index (χ1n) is 8.53. The van der Waals surface area contributed by atoms with E-state index in [0.717, 1.165) is 38.9 Å². The Morgan fingerprint density at radius 3 is 2.83 bits per heavy atom. The molecule has 2 fully saturated rings. The van der Waals surface area contributed by atoms with Crippen LogP contribution in [0, 0.1) is 5.41 Å². The summed E-state index contributed by atoms with van der Waals surface area (Å²) in [5, 5.41) is 3.59. The summed E-state index contributed by atoms with van der Waals surface area (Å²) in [5.74, 6) is -0.0892. The summed E-state index contributed by atoms with van der Waals surface area (Å²) < 4.78 is 5.11. The molecule has 1 atom stereocenters. The van der Waals surface area contributed by atoms with Gasteiger partial charge in [0.25, 0.3) is 11.7 Å². The fourth-order valence-corrected chi connectivity index (χ4v) is 3.90. The Morgan fingerprint density at radius 1 is 1.38 bits per heavy atom. The van der Waals surface area contributed by atoms with E-state index < -0.39 is 5.91 Å². The third-order valence-electron chi connectivity index (χ3n) is 5.11. The molecular formula is C16H25N5O3. The highest BCUT2D eigenvalue weighted by Crippen LogP contribution is 2.39. The molecule has 2 N–H and O–H groups in total. The average molecular weight is 335 g/mol. The molecule has 1 spiro atoms. The summed E-state index contributed by atoms with van der Waals surface area (Å²) in [7, 11) is 0. The predicted molar refractivity (Wildman–Crippen MR) is 85.8 cm³/mol. The molecule has 3 heterocycles. The van der Waals surface area contributed by atoms with E-state index in [0.29, 0.717) is 18.9 Å². The average Bonchev–Trinajstić information content (AvgIpc) is 2.99. The van der Waals surface area contributed by atoms with Gasteiger partial charge in [0.15, 0.2) is 0 Å². The smallest absolute Gasteiger partial charge is 0.290 e. The molecule has 24 heavy (non-hydrogen) atoms. The Balaban J connectivity index is 1.67. The number of carbonyl (C=O) groups is 2. The van der Waals surface area contributed by atoms with Crippen molar-refractivity contribution in [3.8, 4) is 0 Å². The van der Waals surface area contributed by atoms with Crippen LogP contribution >= 0.6 is 0 Å². The van der Waals surface area contributed by atoms with Gasteiger partial charge < -0.3 is 15.2 Å². The quantitative estimate of drug-likeness (QED) is 0.872. The molecule has 2 aliphatic rings. The topological polar surface area (TPSA) is 106 Å². The minimum atomic E-state index is -0.682. The highest BCUT2D eigenvalue weighted by Gasteiger charge is 2.42. The monoisotopic (exact) mass is 335 g/mol. The van der Waals surface area contributed by atoms with Gasteiger partial charge >= 0.3 is 0 Å². The zero-order valence-corrected chi connectivity index (χ0v) is 14.3. The summed E-state index contributed by atoms with van der Waals surface area (Å²) in [6.07, 6.45) is 3.77. The number of amides is 2. The van der Waals surface area contributed by atoms with Gasteiger partial charge in [-0.25, -0.2) is 0 Å². The summed E-state index contributed by atoms with van der Waals surface area (Å²) in [6.45, 7) is 7.32. The molecule has 132 valence electrons. The molecule has 1 aromatic heterocycles. The second-order valence-electron chi connectivity index (χ2n) is 7.31. The lowest BCUT2D eigenvalue weighted by Gasteiger charge is -2.49. The van der Waals surface area contributed by atoms with Gasteiger partial charge in [-0.3, -0.25) is 14.5 Å². The molecule has 2 saturated heterocycles. The van der Waals surface area contributed by atoms with Crippen LogP contribution in [0.3, 0.4) is 0 Å². The largest absolute Gasteiger partial charge is 0.363 e. The summed E-state index contributed by atoms with van der Waals surface area (Å²) in [6, 6.07) is 0.235. The number of primary amides is 1. The molecule has 8 heteroatoms. The van der Waals surface area contributed by atoms with Gasteiger partial charge in [-0.2, -0.15) is 4.98 Å². The number of aromatic nitrogens is 2. The molecule has 0 saturated carbocycles. The molecule has 1 unspecified atom stereocenters. The van der Waals surface area contributed by atoms with E-state index in [9.17, 15) is 9.59 Å². The van der Waals surface area contributed by atoms with E-state index in [1.54, 1.807) is 0 Å². The SMILES string of the molecule is CC(C)N1CC2(CCCN(Cc3nc(C(N)=O)no3)C2)CCC1=O. The van der Waals surface area contributed by atoms with Crippen LogP contribution in [0.4, 0.5) is 0 Å². The third-order valence-corrected chi connectivity index (χ3v) is 5.11. The fraction of sp³-hybridized carbons (Fsp3) is 0.750. The lowest BCUT2D eigenvalue weighted by Crippen LogP contribution is -2.55. The zero-order valence-electron chi connectivity index (χ0n) is 14.3. The number of hydrogen-bond acceptors (Lipinski definition) is 6. The highest BCUT2D eigenvalue weighted by molar-refractivity contribution is 5.88. The first-order valence-corrected chi connectivity index (χ1v) is 8.53. The number of hydrogen-bond donors (Lipinski definition) is 1. The molecule has 1 aromatic rings. The van der Waals surface area contributed by atoms with Gasteiger partial charge in [0.1, 0.15) is 0 Å². The maximum Gasteiger partial charge on any atom is 0.290 e. The fourth-order valence-electron chi connectivity index (χ4n) is 3.90. The maximum absolute atomic E-state index is 12.1. The van der Waals surface area contributed by atoms with E-state index in [4.69, 9.17) is 10.3 Å². The number of rotatable bonds is 4. The summed E-state index contributed by atoms with van der Waals surface area (Å²) in [5.41, 5.74) is 5.30. The van der Waals surface area contributed by atoms with Gasteiger partial charge in [-0.05, 0) is 39.7 Å². The molecule has 0 aliphatic carbocycles. The normalized spacial score (nSPS) is 25.6. The van der Waals surface area contributed by atoms with Gasteiger partial charge in [0, 0.05) is 31.0 Å². The number of piperidine rings is 2. The van der Waals surface area contributed by atoms with Crippen LogP contribution in [0.25, 0.3) is 0 Å². The van der Waals surface area contributed by atoms with Crippen molar-refractivity contribution in [2.45, 2.75) is 52.1 Å². The van der Waals surface area contributed by atoms with Crippen molar-refractivity contribution in [3.63, 3.8) is 0 Å². The Bertz CT molecular complexity index is 629. The molecular weight excluding hydrogens is 310 g/mol. The maximum atomic E-state index is 12.1. The Morgan fingerprint density at radius 2 is 2.17 bits per heavy atom. The summed E-state index contributed by atoms with van der Waals surface area (Å²) in [4.78, 5) is 31.5. The Labute approximate surface area is 141 Å². The third kappa shape index (κ3) is 3.43. The van der Waals surface area contributed by atoms with Crippen LogP contribution in [0.2, 0.25) is 0 Å². The van der Waals surface area contributed by atoms with Crippen molar-refractivity contribution in [2.24, 2.45) is 11.1 Å². The first kappa shape index (κ1) is 16.9. The number of likely N-dealkylation sites (tertiary alicyclic amines) is 2. The van der Waals surface area contributed by atoms with Gasteiger partial charge in [0.2, 0.25) is 11.8 Å². The predicted octanol–water partition coefficient (Wildman–Crippen LogP) is 0.782. The number of carbonyl (C=O) groups excluding carboxylic acids is 2. The van der Waals surface area contributed by atoms with Gasteiger partial charge in [-0.1, -0.05) is 5.16 Å². The van der Waals surface area contributed by atoms with E-state index in [1.165, 1.54) is 0 Å². The van der Waals surface area contributed by atoms with Crippen molar-refractivity contribution in [1.82, 2.24) is 19.9 Å². The number of nitrogens with zero attached hydrogens (tertiary/aromatic N) is 4. The Kier molecular flexibility index (Phi) is 4.58. The molecule has 8 nitrogen and oxygen atoms in total. The lowest BCUT2D eigenvalue weighted by molar-refractivity contribution is -0.141. The first-order chi connectivity index (χ1) is 11.4. The lowest BCUT2D eigenvalue weighted by atomic mass is 9.73. The van der Waals surface area contributed by atoms with E-state index in [2.05, 4.69) is 28.9 Å². The van der Waals surface area contributed by atoms with Gasteiger partial charge in [-0.15, -0.1) is 0 Å². The van der Waals surface area contributed by atoms with Crippen molar-refractivity contribution in [3.05, 3.63) is 11.7 Å². The Hall–Kier alpha value is -1.96. The van der Waals surface area contributed by atoms with Crippen LogP contribution in [-0.2, 0) is 11.3 Å². The van der Waals surface area contributed by atoms with E-state index >= 15 is 0 Å². The molecule has 0 bridgehead atoms. The van der Waals surface area contributed by atoms with E-state index in [-0.39, 0.29) is 23.2 Å². The summed E-state index contributed by atoms with van der Waals surface area (Å²) >= 11 is 0. The van der Waals surface area contributed by atoms with Crippen LogP contribution in [0.5, 0.6) is 0 Å². The van der Waals surface area contributed by atoms with Crippen molar-refractivity contribution in [2.75, 3.05) is 19.6 Å². The van der Waals surface area contributed by atoms with Crippen LogP contribution in [0.1, 0.15) is 56.0 Å². The standard InChI is InChI=1S/C16H25N5O3/c1-11(2)21-10-16(6-4-13(21)22)5-3-7-20(9-16)8-12-18-15(14(17)23)19-24-12/h11H,3-10H2,1-2H3,(H2,17,23). The molecule has 0 aromatic carbocycles. The van der Waals surface area contributed by atoms with Crippen LogP contribution in [-0.4, -0.2) is 57.4 Å². The number of nitrogens with two attached hydrogens (primary N) is 1. The van der Waals surface area contributed by atoms with Crippen LogP contribution < -0.4 is 5.73 Å². The van der Waals surface area contributed by atoms with Gasteiger partial charge in [0.05, 0.1) is 6.54 Å². The van der Waals surface area contributed by atoms with Crippen molar-refractivity contribution >= 4 is 11.8 Å². The molecule has 2 amide bonds. The van der Waals surface area contributed by atoms with Crippen LogP contribution in [0.15, 0.2) is 4.52 Å². The minimum Gasteiger partial charge on any atom is -0.363 e. The molecule has 3 rings (SSSR count). The minimum absolute atomic E-state index is 0.0778. The van der Waals surface area contributed by atoms with Crippen molar-refractivity contribution in [1.29, 1.82) is 0 Å². The highest BCUT2D eigenvalue weighted by atomic mass is 16.5. The van der Waals surface area contributed by atoms with Crippen molar-refractivity contribution < 1.29 is 14.1 Å². The molecule has 2 aliphatic heterocycles. The van der Waals surface area contributed by atoms with E-state index in [1.807, 2.05) is 4.90 Å². The second-order valence-corrected chi connectivity index (χ2v) is 7.31.